The molecule has 0 amide bonds. The third kappa shape index (κ3) is 4.51. The molecule has 0 saturated heterocycles. The number of aryl methyl sites for hydroxylation is 1. The number of aromatic nitrogens is 2. The van der Waals surface area contributed by atoms with Crippen molar-refractivity contribution < 1.29 is 5.11 Å². The molecule has 4 aliphatic rings. The summed E-state index contributed by atoms with van der Waals surface area (Å²) in [4.78, 5) is 9.85. The molecule has 33 heavy (non-hydrogen) atoms. The van der Waals surface area contributed by atoms with Crippen molar-refractivity contribution in [3.8, 4) is 0 Å². The fourth-order valence-corrected chi connectivity index (χ4v) is 5.62. The highest BCUT2D eigenvalue weighted by molar-refractivity contribution is 6.10. The van der Waals surface area contributed by atoms with E-state index in [-0.39, 0.29) is 12.1 Å². The summed E-state index contributed by atoms with van der Waals surface area (Å²) >= 11 is 0. The minimum Gasteiger partial charge on any atom is -0.390 e. The van der Waals surface area contributed by atoms with Crippen LogP contribution in [0.3, 0.4) is 0 Å². The molecule has 0 bridgehead atoms. The summed E-state index contributed by atoms with van der Waals surface area (Å²) in [5, 5.41) is 14.9. The maximum absolute atomic E-state index is 10.2. The molecule has 5 rings (SSSR count). The second kappa shape index (κ2) is 8.86. The van der Waals surface area contributed by atoms with Gasteiger partial charge in [-0.15, -0.1) is 0 Å². The Morgan fingerprint density at radius 3 is 2.88 bits per heavy atom. The van der Waals surface area contributed by atoms with Crippen LogP contribution in [0.15, 0.2) is 76.3 Å². The SMILES string of the molecule is C/C=C\C(C/C=C/C1=NC2C(C=Nc3cc(C)nn32)C=C1C1C=CC=CC1)C1CC(C)(O)C1. The first-order valence-corrected chi connectivity index (χ1v) is 12.2. The predicted molar refractivity (Wildman–Crippen MR) is 135 cm³/mol. The Kier molecular flexibility index (Phi) is 5.92. The van der Waals surface area contributed by atoms with E-state index in [0.29, 0.717) is 17.8 Å². The normalized spacial score (nSPS) is 33.6. The Morgan fingerprint density at radius 1 is 1.30 bits per heavy atom. The zero-order chi connectivity index (χ0) is 23.0. The number of allylic oxidation sites excluding steroid dienone is 9. The van der Waals surface area contributed by atoms with Crippen molar-refractivity contribution in [3.05, 3.63) is 72.0 Å². The highest BCUT2D eigenvalue weighted by Gasteiger charge is 2.41. The molecule has 2 aliphatic heterocycles. The molecule has 1 fully saturated rings. The van der Waals surface area contributed by atoms with Gasteiger partial charge in [-0.3, -0.25) is 4.99 Å². The fraction of sp³-hybridized carbons (Fsp3) is 0.464. The monoisotopic (exact) mass is 442 g/mol. The number of rotatable bonds is 6. The van der Waals surface area contributed by atoms with E-state index in [4.69, 9.17) is 4.99 Å². The van der Waals surface area contributed by atoms with Gasteiger partial charge in [0.2, 0.25) is 0 Å². The highest BCUT2D eigenvalue weighted by atomic mass is 16.3. The smallest absolute Gasteiger partial charge is 0.155 e. The largest absolute Gasteiger partial charge is 0.390 e. The lowest BCUT2D eigenvalue weighted by Crippen LogP contribution is -2.43. The van der Waals surface area contributed by atoms with Crippen molar-refractivity contribution >= 4 is 17.7 Å². The van der Waals surface area contributed by atoms with Crippen molar-refractivity contribution in [1.82, 2.24) is 9.78 Å². The average molecular weight is 443 g/mol. The van der Waals surface area contributed by atoms with E-state index in [1.165, 1.54) is 5.57 Å². The fourth-order valence-electron chi connectivity index (χ4n) is 5.62. The van der Waals surface area contributed by atoms with Gasteiger partial charge in [-0.2, -0.15) is 5.10 Å². The first kappa shape index (κ1) is 22.0. The summed E-state index contributed by atoms with van der Waals surface area (Å²) < 4.78 is 1.97. The Labute approximate surface area is 196 Å². The summed E-state index contributed by atoms with van der Waals surface area (Å²) in [6, 6.07) is 2.01. The summed E-state index contributed by atoms with van der Waals surface area (Å²) in [6.45, 7) is 6.03. The maximum atomic E-state index is 10.2. The van der Waals surface area contributed by atoms with Gasteiger partial charge in [-0.25, -0.2) is 9.67 Å². The first-order valence-electron chi connectivity index (χ1n) is 12.2. The van der Waals surface area contributed by atoms with E-state index in [9.17, 15) is 5.11 Å². The first-order chi connectivity index (χ1) is 15.9. The van der Waals surface area contributed by atoms with Gasteiger partial charge >= 0.3 is 0 Å². The lowest BCUT2D eigenvalue weighted by Gasteiger charge is -2.44. The number of dihydropyridines is 1. The number of hydrogen-bond acceptors (Lipinski definition) is 4. The lowest BCUT2D eigenvalue weighted by atomic mass is 9.65. The minimum absolute atomic E-state index is 0.0780. The standard InChI is InChI=1S/C28H34N4O/c1-4-9-20(23-16-28(3,33)17-23)12-8-13-25-24(21-10-6-5-7-11-21)15-22-18-29-26-14-19(2)31-32(26)27(22)30-25/h4-10,13-15,18,20-23,27,33H,11-12,16-17H2,1-3H3/b9-4-,13-8+. The molecule has 1 N–H and O–H groups in total. The van der Waals surface area contributed by atoms with E-state index in [0.717, 1.165) is 42.9 Å². The molecule has 4 atom stereocenters. The van der Waals surface area contributed by atoms with Crippen LogP contribution in [0.2, 0.25) is 0 Å². The summed E-state index contributed by atoms with van der Waals surface area (Å²) in [7, 11) is 0. The van der Waals surface area contributed by atoms with Crippen molar-refractivity contribution in [2.75, 3.05) is 0 Å². The summed E-state index contributed by atoms with van der Waals surface area (Å²) in [6.07, 6.45) is 25.7. The van der Waals surface area contributed by atoms with Crippen LogP contribution in [-0.4, -0.2) is 32.4 Å². The van der Waals surface area contributed by atoms with Gasteiger partial charge in [-0.05, 0) is 69.9 Å². The van der Waals surface area contributed by atoms with Crippen LogP contribution in [0.4, 0.5) is 5.82 Å². The zero-order valence-corrected chi connectivity index (χ0v) is 19.8. The van der Waals surface area contributed by atoms with Crippen molar-refractivity contribution in [2.45, 2.75) is 58.2 Å². The molecule has 1 aromatic heterocycles. The highest BCUT2D eigenvalue weighted by Crippen LogP contribution is 2.44. The quantitative estimate of drug-likeness (QED) is 0.563. The van der Waals surface area contributed by atoms with Crippen LogP contribution < -0.4 is 0 Å². The van der Waals surface area contributed by atoms with Crippen molar-refractivity contribution in [1.29, 1.82) is 0 Å². The van der Waals surface area contributed by atoms with Crippen molar-refractivity contribution in [2.24, 2.45) is 33.7 Å². The number of fused-ring (bicyclic) bond motifs is 3. The topological polar surface area (TPSA) is 62.8 Å². The van der Waals surface area contributed by atoms with Crippen LogP contribution in [0, 0.1) is 30.6 Å². The number of aliphatic imine (C=N–C) groups is 2. The molecule has 4 unspecified atom stereocenters. The molecule has 172 valence electrons. The van der Waals surface area contributed by atoms with Gasteiger partial charge < -0.3 is 5.11 Å². The van der Waals surface area contributed by atoms with Gasteiger partial charge in [0.25, 0.3) is 0 Å². The Bertz CT molecular complexity index is 1100. The molecular formula is C28H34N4O. The number of aliphatic hydroxyl groups is 1. The van der Waals surface area contributed by atoms with E-state index in [1.807, 2.05) is 30.8 Å². The van der Waals surface area contributed by atoms with Crippen LogP contribution in [0.1, 0.15) is 51.4 Å². The lowest BCUT2D eigenvalue weighted by molar-refractivity contribution is -0.0695. The molecule has 1 aromatic rings. The predicted octanol–water partition coefficient (Wildman–Crippen LogP) is 5.84. The van der Waals surface area contributed by atoms with E-state index >= 15 is 0 Å². The van der Waals surface area contributed by atoms with Gasteiger partial charge in [0.05, 0.1) is 22.9 Å². The van der Waals surface area contributed by atoms with E-state index in [2.05, 4.69) is 71.7 Å². The van der Waals surface area contributed by atoms with Gasteiger partial charge in [0.1, 0.15) is 0 Å². The minimum atomic E-state index is -0.491. The van der Waals surface area contributed by atoms with Crippen LogP contribution in [0.5, 0.6) is 0 Å². The Hall–Kier alpha value is -2.79. The van der Waals surface area contributed by atoms with Crippen LogP contribution in [-0.2, 0) is 0 Å². The molecule has 5 heteroatoms. The third-order valence-corrected chi connectivity index (χ3v) is 7.26. The Balaban J connectivity index is 1.40. The second-order valence-electron chi connectivity index (χ2n) is 10.1. The maximum Gasteiger partial charge on any atom is 0.155 e. The number of nitrogens with zero attached hydrogens (tertiary/aromatic N) is 4. The number of hydrogen-bond donors (Lipinski definition) is 1. The van der Waals surface area contributed by atoms with Crippen LogP contribution in [0.25, 0.3) is 0 Å². The van der Waals surface area contributed by atoms with Gasteiger partial charge in [0.15, 0.2) is 12.0 Å². The third-order valence-electron chi connectivity index (χ3n) is 7.26. The molecule has 5 nitrogen and oxygen atoms in total. The van der Waals surface area contributed by atoms with Gasteiger partial charge in [-0.1, -0.05) is 48.6 Å². The average Bonchev–Trinajstić information content (AvgIpc) is 3.18. The molecule has 0 radical (unpaired) electrons. The zero-order valence-electron chi connectivity index (χ0n) is 19.8. The molecule has 2 aliphatic carbocycles. The molecule has 3 heterocycles. The van der Waals surface area contributed by atoms with Crippen molar-refractivity contribution in [3.63, 3.8) is 0 Å². The molecular weight excluding hydrogens is 408 g/mol. The Morgan fingerprint density at radius 2 is 2.15 bits per heavy atom. The molecule has 0 aromatic carbocycles. The molecule has 0 spiro atoms. The second-order valence-corrected chi connectivity index (χ2v) is 10.1. The van der Waals surface area contributed by atoms with Crippen LogP contribution >= 0.6 is 0 Å². The summed E-state index contributed by atoms with van der Waals surface area (Å²) in [5.41, 5.74) is 2.81. The van der Waals surface area contributed by atoms with E-state index in [1.54, 1.807) is 0 Å². The van der Waals surface area contributed by atoms with Gasteiger partial charge in [0, 0.05) is 18.2 Å². The van der Waals surface area contributed by atoms with E-state index < -0.39 is 5.60 Å². The summed E-state index contributed by atoms with van der Waals surface area (Å²) in [5.74, 6) is 2.33. The molecule has 1 saturated carbocycles.